The number of methoxy groups -OCH3 is 1. The zero-order valence-corrected chi connectivity index (χ0v) is 19.1. The number of imide groups is 3. The van der Waals surface area contributed by atoms with Gasteiger partial charge in [-0.2, -0.15) is 4.90 Å². The Morgan fingerprint density at radius 2 is 1.88 bits per heavy atom. The summed E-state index contributed by atoms with van der Waals surface area (Å²) in [5.74, 6) is -5.19. The number of benzene rings is 1. The Balaban J connectivity index is 1.70. The first kappa shape index (κ1) is 22.3. The van der Waals surface area contributed by atoms with Gasteiger partial charge in [0.25, 0.3) is 0 Å². The van der Waals surface area contributed by atoms with Crippen LogP contribution in [0.25, 0.3) is 0 Å². The van der Waals surface area contributed by atoms with E-state index in [0.717, 1.165) is 7.11 Å². The standard InChI is InChI=1S/C25H20ClNO7/c1-10-7-18(29)16-9-14-12(4-5-13-20(14)24(32)27(23(13)31)25(33)34-2)19(21(16)22(10)30)15-8-11(26)3-6-17(15)28/h3-4,6-8,13-14,19-20,28H,5,9H2,1-2H3/t13-,14+,19+,20-/m0/s1. The van der Waals surface area contributed by atoms with Gasteiger partial charge in [-0.3, -0.25) is 19.2 Å². The highest BCUT2D eigenvalue weighted by Gasteiger charge is 2.58. The van der Waals surface area contributed by atoms with Crippen LogP contribution in [0.4, 0.5) is 4.79 Å². The number of allylic oxidation sites excluding steroid dienone is 6. The van der Waals surface area contributed by atoms with Gasteiger partial charge in [0, 0.05) is 33.2 Å². The number of likely N-dealkylation sites (tertiary alicyclic amines) is 1. The van der Waals surface area contributed by atoms with Crippen molar-refractivity contribution in [3.8, 4) is 5.75 Å². The predicted octanol–water partition coefficient (Wildman–Crippen LogP) is 3.24. The zero-order valence-electron chi connectivity index (χ0n) is 18.3. The Kier molecular flexibility index (Phi) is 5.09. The number of hydrogen-bond acceptors (Lipinski definition) is 7. The highest BCUT2D eigenvalue weighted by Crippen LogP contribution is 2.56. The second kappa shape index (κ2) is 7.77. The number of rotatable bonds is 1. The van der Waals surface area contributed by atoms with Crippen molar-refractivity contribution in [2.24, 2.45) is 17.8 Å². The van der Waals surface area contributed by atoms with E-state index in [0.29, 0.717) is 21.1 Å². The van der Waals surface area contributed by atoms with Crippen LogP contribution < -0.4 is 0 Å². The summed E-state index contributed by atoms with van der Waals surface area (Å²) in [6.45, 7) is 1.56. The van der Waals surface area contributed by atoms with E-state index >= 15 is 0 Å². The van der Waals surface area contributed by atoms with E-state index in [1.165, 1.54) is 24.3 Å². The van der Waals surface area contributed by atoms with Gasteiger partial charge < -0.3 is 9.84 Å². The number of nitrogens with zero attached hydrogens (tertiary/aromatic N) is 1. The topological polar surface area (TPSA) is 118 Å². The minimum absolute atomic E-state index is 0.0720. The molecule has 3 amide bonds. The first-order valence-electron chi connectivity index (χ1n) is 10.8. The molecule has 0 aromatic heterocycles. The van der Waals surface area contributed by atoms with E-state index in [1.807, 2.05) is 0 Å². The summed E-state index contributed by atoms with van der Waals surface area (Å²) < 4.78 is 4.63. The van der Waals surface area contributed by atoms with Crippen molar-refractivity contribution < 1.29 is 33.8 Å². The number of Topliss-reactive ketones (excluding diaryl/α,β-unsaturated/α-hetero) is 1. The largest absolute Gasteiger partial charge is 0.508 e. The van der Waals surface area contributed by atoms with E-state index in [9.17, 15) is 29.1 Å². The normalized spacial score (nSPS) is 28.3. The highest BCUT2D eigenvalue weighted by molar-refractivity contribution is 6.30. The average Bonchev–Trinajstić information content (AvgIpc) is 3.07. The van der Waals surface area contributed by atoms with Gasteiger partial charge in [0.2, 0.25) is 11.8 Å². The lowest BCUT2D eigenvalue weighted by molar-refractivity contribution is -0.137. The lowest BCUT2D eigenvalue weighted by atomic mass is 9.59. The third-order valence-electron chi connectivity index (χ3n) is 7.22. The predicted molar refractivity (Wildman–Crippen MR) is 119 cm³/mol. The van der Waals surface area contributed by atoms with E-state index < -0.39 is 41.6 Å². The fourth-order valence-corrected chi connectivity index (χ4v) is 5.93. The highest BCUT2D eigenvalue weighted by atomic mass is 35.5. The van der Waals surface area contributed by atoms with Gasteiger partial charge in [-0.15, -0.1) is 0 Å². The summed E-state index contributed by atoms with van der Waals surface area (Å²) in [4.78, 5) is 65.1. The van der Waals surface area contributed by atoms with Crippen molar-refractivity contribution >= 4 is 41.1 Å². The molecule has 1 aromatic rings. The van der Waals surface area contributed by atoms with Crippen molar-refractivity contribution in [2.75, 3.05) is 7.11 Å². The molecule has 1 N–H and O–H groups in total. The number of halogens is 1. The lowest BCUT2D eigenvalue weighted by Gasteiger charge is -2.42. The number of carbonyl (C=O) groups excluding carboxylic acids is 5. The number of phenolic OH excluding ortho intramolecular Hbond substituents is 1. The van der Waals surface area contributed by atoms with Gasteiger partial charge in [0.15, 0.2) is 11.6 Å². The number of phenols is 1. The molecule has 1 saturated heterocycles. The Bertz CT molecular complexity index is 1300. The maximum absolute atomic E-state index is 13.3. The maximum atomic E-state index is 13.3. The summed E-state index contributed by atoms with van der Waals surface area (Å²) in [6.07, 6.45) is 2.26. The Morgan fingerprint density at radius 3 is 2.59 bits per heavy atom. The second-order valence-electron chi connectivity index (χ2n) is 8.91. The van der Waals surface area contributed by atoms with Crippen LogP contribution in [0.5, 0.6) is 5.75 Å². The number of ether oxygens (including phenoxy) is 1. The monoisotopic (exact) mass is 481 g/mol. The van der Waals surface area contributed by atoms with Gasteiger partial charge >= 0.3 is 6.09 Å². The van der Waals surface area contributed by atoms with E-state index in [4.69, 9.17) is 11.6 Å². The molecule has 4 aliphatic rings. The Labute approximate surface area is 199 Å². The van der Waals surface area contributed by atoms with Crippen LogP contribution in [0.1, 0.15) is 31.2 Å². The molecular formula is C25H20ClNO7. The molecule has 0 radical (unpaired) electrons. The molecule has 5 rings (SSSR count). The molecule has 3 aliphatic carbocycles. The Hall–Kier alpha value is -3.52. The van der Waals surface area contributed by atoms with E-state index in [-0.39, 0.29) is 46.9 Å². The van der Waals surface area contributed by atoms with Crippen molar-refractivity contribution in [1.82, 2.24) is 4.90 Å². The van der Waals surface area contributed by atoms with Crippen LogP contribution in [0.15, 0.2) is 52.6 Å². The quantitative estimate of drug-likeness (QED) is 0.371. The molecule has 1 aromatic carbocycles. The fourth-order valence-electron chi connectivity index (χ4n) is 5.74. The summed E-state index contributed by atoms with van der Waals surface area (Å²) in [6, 6.07) is 4.46. The summed E-state index contributed by atoms with van der Waals surface area (Å²) in [7, 11) is 1.09. The molecule has 9 heteroatoms. The van der Waals surface area contributed by atoms with Crippen molar-refractivity contribution in [2.45, 2.75) is 25.7 Å². The van der Waals surface area contributed by atoms with Crippen LogP contribution >= 0.6 is 11.6 Å². The SMILES string of the molecule is COC(=O)N1C(=O)[C@H]2[C@H](CC=C3[C@H](c4cc(Cl)ccc4O)C4=C(C[C@H]32)C(=O)C=C(C)C4=O)C1=O. The molecule has 0 unspecified atom stereocenters. The van der Waals surface area contributed by atoms with Gasteiger partial charge in [-0.1, -0.05) is 23.3 Å². The van der Waals surface area contributed by atoms with Crippen LogP contribution in [-0.4, -0.2) is 46.6 Å². The Morgan fingerprint density at radius 1 is 1.15 bits per heavy atom. The minimum Gasteiger partial charge on any atom is -0.508 e. The minimum atomic E-state index is -1.05. The smallest absolute Gasteiger partial charge is 0.423 e. The van der Waals surface area contributed by atoms with E-state index in [1.54, 1.807) is 13.0 Å². The zero-order chi connectivity index (χ0) is 24.5. The van der Waals surface area contributed by atoms with Gasteiger partial charge in [-0.05, 0) is 50.0 Å². The first-order valence-corrected chi connectivity index (χ1v) is 11.2. The third kappa shape index (κ3) is 3.01. The van der Waals surface area contributed by atoms with Crippen molar-refractivity contribution in [3.05, 3.63) is 63.2 Å². The maximum Gasteiger partial charge on any atom is 0.423 e. The molecule has 4 atom stereocenters. The van der Waals surface area contributed by atoms with Crippen LogP contribution in [0.3, 0.4) is 0 Å². The van der Waals surface area contributed by atoms with Crippen LogP contribution in [-0.2, 0) is 23.9 Å². The van der Waals surface area contributed by atoms with Crippen molar-refractivity contribution in [1.29, 1.82) is 0 Å². The number of amides is 3. The van der Waals surface area contributed by atoms with Crippen LogP contribution in [0, 0.1) is 17.8 Å². The number of hydrogen-bond donors (Lipinski definition) is 1. The molecule has 0 spiro atoms. The lowest BCUT2D eigenvalue weighted by Crippen LogP contribution is -2.40. The summed E-state index contributed by atoms with van der Waals surface area (Å²) >= 11 is 6.21. The molecule has 0 saturated carbocycles. The summed E-state index contributed by atoms with van der Waals surface area (Å²) in [5, 5.41) is 11.0. The average molecular weight is 482 g/mol. The fraction of sp³-hybridized carbons (Fsp3) is 0.320. The summed E-state index contributed by atoms with van der Waals surface area (Å²) in [5.41, 5.74) is 1.78. The molecule has 8 nitrogen and oxygen atoms in total. The van der Waals surface area contributed by atoms with Gasteiger partial charge in [-0.25, -0.2) is 4.79 Å². The van der Waals surface area contributed by atoms with E-state index in [2.05, 4.69) is 4.74 Å². The van der Waals surface area contributed by atoms with Gasteiger partial charge in [0.1, 0.15) is 5.75 Å². The van der Waals surface area contributed by atoms with Crippen LogP contribution in [0.2, 0.25) is 5.02 Å². The number of ketones is 2. The molecule has 174 valence electrons. The van der Waals surface area contributed by atoms with Crippen molar-refractivity contribution in [3.63, 3.8) is 0 Å². The molecule has 0 bridgehead atoms. The van der Waals surface area contributed by atoms with Gasteiger partial charge in [0.05, 0.1) is 18.9 Å². The number of carbonyl (C=O) groups is 5. The molecule has 34 heavy (non-hydrogen) atoms. The second-order valence-corrected chi connectivity index (χ2v) is 9.35. The third-order valence-corrected chi connectivity index (χ3v) is 7.46. The molecule has 1 fully saturated rings. The molecule has 1 heterocycles. The number of aromatic hydroxyl groups is 1. The first-order chi connectivity index (χ1) is 16.1. The molecular weight excluding hydrogens is 462 g/mol. The number of fused-ring (bicyclic) bond motifs is 3. The molecule has 1 aliphatic heterocycles.